The molecule has 0 saturated heterocycles. The Labute approximate surface area is 147 Å². The van der Waals surface area contributed by atoms with Gasteiger partial charge in [0, 0.05) is 6.20 Å². The predicted octanol–water partition coefficient (Wildman–Crippen LogP) is 3.95. The molecule has 1 aromatic heterocycles. The van der Waals surface area contributed by atoms with Crippen molar-refractivity contribution in [2.24, 2.45) is 0 Å². The van der Waals surface area contributed by atoms with Crippen molar-refractivity contribution in [1.82, 2.24) is 4.98 Å². The average molecular weight is 333 g/mol. The highest BCUT2D eigenvalue weighted by atomic mass is 16.5. The standard InChI is InChI=1S/C21H19NO3/c23-21(14-17-6-2-1-3-7-17)25-15-18-9-11-20(12-10-18)24-16-19-8-4-5-13-22-19/h1-13H,14-16H2. The molecule has 2 aromatic carbocycles. The number of hydrogen-bond acceptors (Lipinski definition) is 4. The summed E-state index contributed by atoms with van der Waals surface area (Å²) in [6.45, 7) is 0.679. The van der Waals surface area contributed by atoms with E-state index in [9.17, 15) is 4.79 Å². The first kappa shape index (κ1) is 16.7. The van der Waals surface area contributed by atoms with Crippen molar-refractivity contribution < 1.29 is 14.3 Å². The molecule has 0 aliphatic carbocycles. The fraction of sp³-hybridized carbons (Fsp3) is 0.143. The third-order valence-corrected chi connectivity index (χ3v) is 3.63. The number of aromatic nitrogens is 1. The molecule has 0 bridgehead atoms. The molecule has 0 amide bonds. The van der Waals surface area contributed by atoms with E-state index < -0.39 is 0 Å². The highest BCUT2D eigenvalue weighted by molar-refractivity contribution is 5.72. The summed E-state index contributed by atoms with van der Waals surface area (Å²) >= 11 is 0. The number of carbonyl (C=O) groups excluding carboxylic acids is 1. The van der Waals surface area contributed by atoms with Crippen LogP contribution >= 0.6 is 0 Å². The first-order chi connectivity index (χ1) is 12.3. The van der Waals surface area contributed by atoms with Crippen molar-refractivity contribution in [1.29, 1.82) is 0 Å². The Morgan fingerprint density at radius 2 is 1.56 bits per heavy atom. The fourth-order valence-corrected chi connectivity index (χ4v) is 2.30. The van der Waals surface area contributed by atoms with E-state index in [1.54, 1.807) is 6.20 Å². The van der Waals surface area contributed by atoms with Crippen LogP contribution in [0.1, 0.15) is 16.8 Å². The Kier molecular flexibility index (Phi) is 5.77. The minimum absolute atomic E-state index is 0.235. The van der Waals surface area contributed by atoms with E-state index in [4.69, 9.17) is 9.47 Å². The van der Waals surface area contributed by atoms with Gasteiger partial charge in [-0.25, -0.2) is 0 Å². The smallest absolute Gasteiger partial charge is 0.310 e. The zero-order valence-corrected chi connectivity index (χ0v) is 13.8. The van der Waals surface area contributed by atoms with Crippen LogP contribution in [0.25, 0.3) is 0 Å². The summed E-state index contributed by atoms with van der Waals surface area (Å²) in [6.07, 6.45) is 2.03. The van der Waals surface area contributed by atoms with E-state index in [0.29, 0.717) is 6.61 Å². The van der Waals surface area contributed by atoms with Crippen molar-refractivity contribution in [2.45, 2.75) is 19.6 Å². The van der Waals surface area contributed by atoms with Gasteiger partial charge in [-0.15, -0.1) is 0 Å². The number of rotatable bonds is 7. The Bertz CT molecular complexity index is 786. The van der Waals surface area contributed by atoms with Crippen LogP contribution in [0.5, 0.6) is 5.75 Å². The minimum atomic E-state index is -0.235. The molecule has 1 heterocycles. The summed E-state index contributed by atoms with van der Waals surface area (Å²) in [6, 6.07) is 22.8. The number of carbonyl (C=O) groups is 1. The lowest BCUT2D eigenvalue weighted by Gasteiger charge is -2.08. The van der Waals surface area contributed by atoms with Crippen molar-refractivity contribution in [3.63, 3.8) is 0 Å². The first-order valence-electron chi connectivity index (χ1n) is 8.11. The monoisotopic (exact) mass is 333 g/mol. The summed E-state index contributed by atoms with van der Waals surface area (Å²) in [5, 5.41) is 0. The van der Waals surface area contributed by atoms with Gasteiger partial charge in [-0.1, -0.05) is 48.5 Å². The molecule has 126 valence electrons. The zero-order valence-electron chi connectivity index (χ0n) is 13.8. The van der Waals surface area contributed by atoms with Gasteiger partial charge in [0.1, 0.15) is 19.0 Å². The van der Waals surface area contributed by atoms with Gasteiger partial charge in [-0.2, -0.15) is 0 Å². The SMILES string of the molecule is O=C(Cc1ccccc1)OCc1ccc(OCc2ccccn2)cc1. The van der Waals surface area contributed by atoms with Gasteiger partial charge in [0.15, 0.2) is 0 Å². The summed E-state index contributed by atoms with van der Waals surface area (Å²) in [5.41, 5.74) is 2.75. The molecule has 0 fully saturated rings. The third kappa shape index (κ3) is 5.46. The molecule has 0 aliphatic rings. The molecule has 0 saturated carbocycles. The summed E-state index contributed by atoms with van der Waals surface area (Å²) < 4.78 is 11.0. The predicted molar refractivity (Wildman–Crippen MR) is 95.0 cm³/mol. The van der Waals surface area contributed by atoms with Crippen molar-refractivity contribution in [2.75, 3.05) is 0 Å². The molecule has 0 unspecified atom stereocenters. The lowest BCUT2D eigenvalue weighted by Crippen LogP contribution is -2.07. The van der Waals surface area contributed by atoms with Gasteiger partial charge in [0.2, 0.25) is 0 Å². The normalized spacial score (nSPS) is 10.2. The van der Waals surface area contributed by atoms with Gasteiger partial charge in [0.05, 0.1) is 12.1 Å². The topological polar surface area (TPSA) is 48.4 Å². The van der Waals surface area contributed by atoms with Gasteiger partial charge in [-0.05, 0) is 35.4 Å². The summed E-state index contributed by atoms with van der Waals surface area (Å²) in [4.78, 5) is 16.1. The van der Waals surface area contributed by atoms with Crippen LogP contribution in [0.2, 0.25) is 0 Å². The largest absolute Gasteiger partial charge is 0.487 e. The van der Waals surface area contributed by atoms with E-state index in [1.165, 1.54) is 0 Å². The van der Waals surface area contributed by atoms with Crippen LogP contribution in [-0.4, -0.2) is 11.0 Å². The van der Waals surface area contributed by atoms with E-state index in [0.717, 1.165) is 22.6 Å². The van der Waals surface area contributed by atoms with Crippen LogP contribution in [0.15, 0.2) is 79.0 Å². The lowest BCUT2D eigenvalue weighted by atomic mass is 10.1. The maximum atomic E-state index is 11.9. The van der Waals surface area contributed by atoms with Crippen molar-refractivity contribution >= 4 is 5.97 Å². The van der Waals surface area contributed by atoms with E-state index >= 15 is 0 Å². The Hall–Kier alpha value is -3.14. The second kappa shape index (κ2) is 8.64. The van der Waals surface area contributed by atoms with Gasteiger partial charge in [-0.3, -0.25) is 9.78 Å². The van der Waals surface area contributed by atoms with E-state index in [2.05, 4.69) is 4.98 Å². The van der Waals surface area contributed by atoms with Crippen LogP contribution in [0, 0.1) is 0 Å². The van der Waals surface area contributed by atoms with Crippen molar-refractivity contribution in [3.05, 3.63) is 95.8 Å². The van der Waals surface area contributed by atoms with Crippen molar-refractivity contribution in [3.8, 4) is 5.75 Å². The van der Waals surface area contributed by atoms with E-state index in [-0.39, 0.29) is 19.0 Å². The van der Waals surface area contributed by atoms with Gasteiger partial charge >= 0.3 is 5.97 Å². The minimum Gasteiger partial charge on any atom is -0.487 e. The molecular weight excluding hydrogens is 314 g/mol. The zero-order chi connectivity index (χ0) is 17.3. The highest BCUT2D eigenvalue weighted by Gasteiger charge is 2.05. The molecule has 25 heavy (non-hydrogen) atoms. The van der Waals surface area contributed by atoms with E-state index in [1.807, 2.05) is 72.8 Å². The number of benzene rings is 2. The van der Waals surface area contributed by atoms with Gasteiger partial charge in [0.25, 0.3) is 0 Å². The lowest BCUT2D eigenvalue weighted by molar-refractivity contribution is -0.144. The third-order valence-electron chi connectivity index (χ3n) is 3.63. The number of esters is 1. The average Bonchev–Trinajstić information content (AvgIpc) is 2.67. The molecule has 0 radical (unpaired) electrons. The maximum absolute atomic E-state index is 11.9. The Balaban J connectivity index is 1.45. The molecule has 0 atom stereocenters. The quantitative estimate of drug-likeness (QED) is 0.614. The molecule has 3 rings (SSSR count). The molecule has 0 aliphatic heterocycles. The summed E-state index contributed by atoms with van der Waals surface area (Å²) in [7, 11) is 0. The molecular formula is C21H19NO3. The number of hydrogen-bond donors (Lipinski definition) is 0. The second-order valence-corrected chi connectivity index (χ2v) is 5.58. The molecule has 4 nitrogen and oxygen atoms in total. The maximum Gasteiger partial charge on any atom is 0.310 e. The summed E-state index contributed by atoms with van der Waals surface area (Å²) in [5.74, 6) is 0.520. The van der Waals surface area contributed by atoms with Crippen LogP contribution < -0.4 is 4.74 Å². The molecule has 0 spiro atoms. The number of ether oxygens (including phenoxy) is 2. The van der Waals surface area contributed by atoms with Gasteiger partial charge < -0.3 is 9.47 Å². The van der Waals surface area contributed by atoms with Crippen LogP contribution in [0.4, 0.5) is 0 Å². The first-order valence-corrected chi connectivity index (χ1v) is 8.11. The van der Waals surface area contributed by atoms with Crippen LogP contribution in [0.3, 0.4) is 0 Å². The molecule has 3 aromatic rings. The second-order valence-electron chi connectivity index (χ2n) is 5.58. The molecule has 4 heteroatoms. The Morgan fingerprint density at radius 1 is 0.800 bits per heavy atom. The molecule has 0 N–H and O–H groups in total. The Morgan fingerprint density at radius 3 is 2.28 bits per heavy atom. The number of nitrogens with zero attached hydrogens (tertiary/aromatic N) is 1. The fourth-order valence-electron chi connectivity index (χ4n) is 2.30. The van der Waals surface area contributed by atoms with Crippen LogP contribution in [-0.2, 0) is 29.2 Å². The number of pyridine rings is 1. The highest BCUT2D eigenvalue weighted by Crippen LogP contribution is 2.14.